The first-order valence-electron chi connectivity index (χ1n) is 6.74. The Bertz CT molecular complexity index is 234. The van der Waals surface area contributed by atoms with Crippen LogP contribution in [-0.4, -0.2) is 42.3 Å². The second kappa shape index (κ2) is 5.03. The van der Waals surface area contributed by atoms with Crippen LogP contribution >= 0.6 is 0 Å². The largest absolute Gasteiger partial charge is 0.390 e. The van der Waals surface area contributed by atoms with Gasteiger partial charge in [0.15, 0.2) is 0 Å². The number of hydrogen-bond acceptors (Lipinski definition) is 3. The Hall–Kier alpha value is -0.120. The fraction of sp³-hybridized carbons (Fsp3) is 1.00. The number of hydrogen-bond donors (Lipinski definition) is 2. The molecule has 1 aliphatic carbocycles. The van der Waals surface area contributed by atoms with Gasteiger partial charge in [-0.05, 0) is 37.1 Å². The van der Waals surface area contributed by atoms with Gasteiger partial charge in [-0.3, -0.25) is 0 Å². The zero-order valence-electron chi connectivity index (χ0n) is 10.5. The lowest BCUT2D eigenvalue weighted by molar-refractivity contribution is -0.00407. The molecular formula is C13H26N2O. The molecule has 1 heterocycles. The molecule has 16 heavy (non-hydrogen) atoms. The Morgan fingerprint density at radius 1 is 1.44 bits per heavy atom. The number of likely N-dealkylation sites (tertiary alicyclic amines) is 1. The fourth-order valence-electron chi connectivity index (χ4n) is 3.47. The van der Waals surface area contributed by atoms with Crippen LogP contribution in [0.15, 0.2) is 0 Å². The van der Waals surface area contributed by atoms with Crippen molar-refractivity contribution >= 4 is 0 Å². The number of piperidine rings is 1. The SMILES string of the molecule is CC12CCCCC1CN(CC(O)CN)CC2. The lowest BCUT2D eigenvalue weighted by Gasteiger charge is -2.49. The third-order valence-corrected chi connectivity index (χ3v) is 4.75. The van der Waals surface area contributed by atoms with Crippen molar-refractivity contribution in [2.75, 3.05) is 26.2 Å². The van der Waals surface area contributed by atoms with Gasteiger partial charge in [0, 0.05) is 19.6 Å². The highest BCUT2D eigenvalue weighted by atomic mass is 16.3. The number of nitrogens with zero attached hydrogens (tertiary/aromatic N) is 1. The fourth-order valence-corrected chi connectivity index (χ4v) is 3.47. The summed E-state index contributed by atoms with van der Waals surface area (Å²) in [6.45, 7) is 5.94. The molecule has 0 aromatic carbocycles. The molecule has 0 aromatic heterocycles. The Balaban J connectivity index is 1.89. The predicted molar refractivity (Wildman–Crippen MR) is 66.2 cm³/mol. The molecule has 3 nitrogen and oxygen atoms in total. The minimum atomic E-state index is -0.340. The summed E-state index contributed by atoms with van der Waals surface area (Å²) in [7, 11) is 0. The summed E-state index contributed by atoms with van der Waals surface area (Å²) in [6.07, 6.45) is 6.56. The summed E-state index contributed by atoms with van der Waals surface area (Å²) in [5, 5.41) is 9.60. The predicted octanol–water partition coefficient (Wildman–Crippen LogP) is 1.21. The summed E-state index contributed by atoms with van der Waals surface area (Å²) in [4.78, 5) is 2.41. The molecule has 0 spiro atoms. The number of rotatable bonds is 3. The molecule has 0 radical (unpaired) electrons. The van der Waals surface area contributed by atoms with Gasteiger partial charge in [-0.15, -0.1) is 0 Å². The van der Waals surface area contributed by atoms with Crippen LogP contribution < -0.4 is 5.73 Å². The molecule has 3 unspecified atom stereocenters. The highest BCUT2D eigenvalue weighted by Crippen LogP contribution is 2.46. The molecule has 2 fully saturated rings. The van der Waals surface area contributed by atoms with Crippen LogP contribution in [-0.2, 0) is 0 Å². The van der Waals surface area contributed by atoms with E-state index >= 15 is 0 Å². The van der Waals surface area contributed by atoms with Crippen molar-refractivity contribution in [2.24, 2.45) is 17.1 Å². The third-order valence-electron chi connectivity index (χ3n) is 4.75. The first kappa shape index (κ1) is 12.3. The normalized spacial score (nSPS) is 38.1. The van der Waals surface area contributed by atoms with E-state index < -0.39 is 0 Å². The number of β-amino-alcohol motifs (C(OH)–C–C–N with tert-alkyl or cyclic N) is 1. The Kier molecular flexibility index (Phi) is 3.88. The van der Waals surface area contributed by atoms with Gasteiger partial charge >= 0.3 is 0 Å². The topological polar surface area (TPSA) is 49.5 Å². The van der Waals surface area contributed by atoms with E-state index in [2.05, 4.69) is 11.8 Å². The van der Waals surface area contributed by atoms with Crippen molar-refractivity contribution in [3.05, 3.63) is 0 Å². The number of aliphatic hydroxyl groups excluding tert-OH is 1. The molecule has 2 aliphatic rings. The first-order valence-corrected chi connectivity index (χ1v) is 6.74. The Labute approximate surface area is 99.0 Å². The van der Waals surface area contributed by atoms with Crippen molar-refractivity contribution in [3.8, 4) is 0 Å². The maximum absolute atomic E-state index is 9.60. The van der Waals surface area contributed by atoms with Crippen molar-refractivity contribution in [1.82, 2.24) is 4.90 Å². The van der Waals surface area contributed by atoms with Gasteiger partial charge in [0.05, 0.1) is 6.10 Å². The molecule has 94 valence electrons. The van der Waals surface area contributed by atoms with Crippen LogP contribution in [0.1, 0.15) is 39.0 Å². The molecule has 3 heteroatoms. The Morgan fingerprint density at radius 3 is 3.00 bits per heavy atom. The molecule has 3 N–H and O–H groups in total. The van der Waals surface area contributed by atoms with E-state index in [0.29, 0.717) is 12.0 Å². The minimum Gasteiger partial charge on any atom is -0.390 e. The molecular weight excluding hydrogens is 200 g/mol. The standard InChI is InChI=1S/C13H26N2O/c1-13-5-3-2-4-11(13)9-15(7-6-13)10-12(16)8-14/h11-12,16H,2-10,14H2,1H3. The second-order valence-electron chi connectivity index (χ2n) is 6.00. The lowest BCUT2D eigenvalue weighted by Crippen LogP contribution is -2.50. The van der Waals surface area contributed by atoms with E-state index in [4.69, 9.17) is 5.73 Å². The van der Waals surface area contributed by atoms with Gasteiger partial charge in [0.2, 0.25) is 0 Å². The first-order chi connectivity index (χ1) is 7.64. The summed E-state index contributed by atoms with van der Waals surface area (Å²) in [5.74, 6) is 0.847. The minimum absolute atomic E-state index is 0.340. The highest BCUT2D eigenvalue weighted by Gasteiger charge is 2.40. The maximum atomic E-state index is 9.60. The van der Waals surface area contributed by atoms with E-state index in [0.717, 1.165) is 19.0 Å². The van der Waals surface area contributed by atoms with Crippen molar-refractivity contribution in [1.29, 1.82) is 0 Å². The third kappa shape index (κ3) is 2.58. The zero-order valence-corrected chi connectivity index (χ0v) is 10.5. The molecule has 1 aliphatic heterocycles. The van der Waals surface area contributed by atoms with E-state index in [1.807, 2.05) is 0 Å². The quantitative estimate of drug-likeness (QED) is 0.760. The van der Waals surface area contributed by atoms with Crippen LogP contribution in [0.4, 0.5) is 0 Å². The van der Waals surface area contributed by atoms with Crippen LogP contribution in [0.25, 0.3) is 0 Å². The number of nitrogens with two attached hydrogens (primary N) is 1. The highest BCUT2D eigenvalue weighted by molar-refractivity contribution is 4.92. The molecule has 3 atom stereocenters. The average Bonchev–Trinajstić information content (AvgIpc) is 2.29. The summed E-state index contributed by atoms with van der Waals surface area (Å²) in [6, 6.07) is 0. The van der Waals surface area contributed by atoms with Crippen LogP contribution in [0, 0.1) is 11.3 Å². The van der Waals surface area contributed by atoms with E-state index in [9.17, 15) is 5.11 Å². The van der Waals surface area contributed by atoms with Gasteiger partial charge in [-0.2, -0.15) is 0 Å². The number of aliphatic hydroxyl groups is 1. The van der Waals surface area contributed by atoms with Crippen molar-refractivity contribution < 1.29 is 5.11 Å². The second-order valence-corrected chi connectivity index (χ2v) is 6.00. The van der Waals surface area contributed by atoms with Gasteiger partial charge < -0.3 is 15.7 Å². The monoisotopic (exact) mass is 226 g/mol. The van der Waals surface area contributed by atoms with Gasteiger partial charge in [-0.1, -0.05) is 19.8 Å². The molecule has 0 amide bonds. The summed E-state index contributed by atoms with van der Waals surface area (Å²) >= 11 is 0. The van der Waals surface area contributed by atoms with Gasteiger partial charge in [-0.25, -0.2) is 0 Å². The molecule has 2 rings (SSSR count). The lowest BCUT2D eigenvalue weighted by atomic mass is 9.64. The van der Waals surface area contributed by atoms with E-state index in [1.165, 1.54) is 38.6 Å². The van der Waals surface area contributed by atoms with Crippen LogP contribution in [0.3, 0.4) is 0 Å². The summed E-state index contributed by atoms with van der Waals surface area (Å²) in [5.41, 5.74) is 6.06. The van der Waals surface area contributed by atoms with Gasteiger partial charge in [0.25, 0.3) is 0 Å². The maximum Gasteiger partial charge on any atom is 0.0789 e. The van der Waals surface area contributed by atoms with Gasteiger partial charge in [0.1, 0.15) is 0 Å². The Morgan fingerprint density at radius 2 is 2.25 bits per heavy atom. The zero-order chi connectivity index (χ0) is 11.6. The number of fused-ring (bicyclic) bond motifs is 1. The molecule has 0 bridgehead atoms. The molecule has 0 aromatic rings. The summed E-state index contributed by atoms with van der Waals surface area (Å²) < 4.78 is 0. The molecule has 1 saturated heterocycles. The smallest absolute Gasteiger partial charge is 0.0789 e. The van der Waals surface area contributed by atoms with E-state index in [-0.39, 0.29) is 6.10 Å². The van der Waals surface area contributed by atoms with E-state index in [1.54, 1.807) is 0 Å². The van der Waals surface area contributed by atoms with Crippen LogP contribution in [0.2, 0.25) is 0 Å². The van der Waals surface area contributed by atoms with Crippen LogP contribution in [0.5, 0.6) is 0 Å². The van der Waals surface area contributed by atoms with Crippen molar-refractivity contribution in [2.45, 2.75) is 45.1 Å². The molecule has 1 saturated carbocycles. The van der Waals surface area contributed by atoms with Crippen molar-refractivity contribution in [3.63, 3.8) is 0 Å². The average molecular weight is 226 g/mol.